The number of thiazole rings is 1. The first-order chi connectivity index (χ1) is 7.38. The Morgan fingerprint density at radius 1 is 1.33 bits per heavy atom. The fourth-order valence-electron chi connectivity index (χ4n) is 2.91. The second-order valence-electron chi connectivity index (χ2n) is 4.48. The van der Waals surface area contributed by atoms with E-state index in [1.54, 1.807) is 11.3 Å². The second kappa shape index (κ2) is 3.95. The first-order valence-corrected chi connectivity index (χ1v) is 7.08. The van der Waals surface area contributed by atoms with Gasteiger partial charge >= 0.3 is 0 Å². The van der Waals surface area contributed by atoms with Gasteiger partial charge in [-0.3, -0.25) is 0 Å². The molecule has 0 saturated carbocycles. The molecule has 2 fully saturated rings. The molecule has 3 heterocycles. The van der Waals surface area contributed by atoms with Gasteiger partial charge in [-0.2, -0.15) is 0 Å². The van der Waals surface area contributed by atoms with Gasteiger partial charge in [0.2, 0.25) is 0 Å². The van der Waals surface area contributed by atoms with Gasteiger partial charge in [-0.1, -0.05) is 0 Å². The molecule has 2 aliphatic rings. The summed E-state index contributed by atoms with van der Waals surface area (Å²) < 4.78 is 0. The second-order valence-corrected chi connectivity index (χ2v) is 5.58. The molecule has 15 heavy (non-hydrogen) atoms. The molecule has 0 radical (unpaired) electrons. The molecule has 0 spiro atoms. The SMILES string of the molecule is ClCc1csc(N2C3CCCC2CC3)n1. The number of rotatable bonds is 2. The monoisotopic (exact) mass is 242 g/mol. The highest BCUT2D eigenvalue weighted by Crippen LogP contribution is 2.40. The van der Waals surface area contributed by atoms with Gasteiger partial charge in [-0.25, -0.2) is 4.98 Å². The van der Waals surface area contributed by atoms with E-state index in [2.05, 4.69) is 15.3 Å². The summed E-state index contributed by atoms with van der Waals surface area (Å²) in [5.74, 6) is 0.541. The van der Waals surface area contributed by atoms with E-state index in [1.165, 1.54) is 37.2 Å². The van der Waals surface area contributed by atoms with Crippen LogP contribution in [0.5, 0.6) is 0 Å². The molecule has 2 bridgehead atoms. The third kappa shape index (κ3) is 1.66. The minimum Gasteiger partial charge on any atom is -0.342 e. The zero-order valence-electron chi connectivity index (χ0n) is 8.66. The normalized spacial score (nSPS) is 29.8. The Balaban J connectivity index is 1.87. The Morgan fingerprint density at radius 3 is 2.67 bits per heavy atom. The summed E-state index contributed by atoms with van der Waals surface area (Å²) in [5.41, 5.74) is 1.03. The Bertz CT molecular complexity index is 336. The Hall–Kier alpha value is -0.280. The van der Waals surface area contributed by atoms with Crippen LogP contribution in [0, 0.1) is 0 Å². The Labute approximate surface area is 99.3 Å². The molecule has 4 heteroatoms. The van der Waals surface area contributed by atoms with Crippen LogP contribution in [0.1, 0.15) is 37.8 Å². The van der Waals surface area contributed by atoms with Crippen molar-refractivity contribution in [3.63, 3.8) is 0 Å². The van der Waals surface area contributed by atoms with Crippen LogP contribution >= 0.6 is 22.9 Å². The number of halogens is 1. The van der Waals surface area contributed by atoms with Crippen LogP contribution in [0.2, 0.25) is 0 Å². The lowest BCUT2D eigenvalue weighted by Crippen LogP contribution is -2.39. The Morgan fingerprint density at radius 2 is 2.07 bits per heavy atom. The molecule has 2 atom stereocenters. The average molecular weight is 243 g/mol. The number of nitrogens with zero attached hydrogens (tertiary/aromatic N) is 2. The lowest BCUT2D eigenvalue weighted by Gasteiger charge is -2.34. The standard InChI is InChI=1S/C11H15ClN2S/c12-6-8-7-15-11(13-8)14-9-2-1-3-10(14)5-4-9/h7,9-10H,1-6H2. The maximum absolute atomic E-state index is 5.79. The molecule has 0 aliphatic carbocycles. The van der Waals surface area contributed by atoms with E-state index in [0.717, 1.165) is 17.8 Å². The van der Waals surface area contributed by atoms with Crippen molar-refractivity contribution in [1.29, 1.82) is 0 Å². The van der Waals surface area contributed by atoms with Crippen LogP contribution in [-0.2, 0) is 5.88 Å². The zero-order chi connectivity index (χ0) is 10.3. The van der Waals surface area contributed by atoms with Crippen LogP contribution < -0.4 is 4.90 Å². The molecule has 1 aromatic rings. The van der Waals surface area contributed by atoms with E-state index in [4.69, 9.17) is 11.6 Å². The fourth-order valence-corrected chi connectivity index (χ4v) is 4.10. The van der Waals surface area contributed by atoms with Crippen molar-refractivity contribution in [3.05, 3.63) is 11.1 Å². The molecule has 2 unspecified atom stereocenters. The highest BCUT2D eigenvalue weighted by atomic mass is 35.5. The van der Waals surface area contributed by atoms with Gasteiger partial charge in [0.05, 0.1) is 11.6 Å². The third-order valence-corrected chi connectivity index (χ3v) is 4.77. The maximum atomic E-state index is 5.79. The van der Waals surface area contributed by atoms with Crippen molar-refractivity contribution < 1.29 is 0 Å². The topological polar surface area (TPSA) is 16.1 Å². The first-order valence-electron chi connectivity index (χ1n) is 5.67. The number of alkyl halides is 1. The fraction of sp³-hybridized carbons (Fsp3) is 0.727. The van der Waals surface area contributed by atoms with Crippen LogP contribution in [0.15, 0.2) is 5.38 Å². The van der Waals surface area contributed by atoms with Crippen LogP contribution in [0.25, 0.3) is 0 Å². The largest absolute Gasteiger partial charge is 0.342 e. The van der Waals surface area contributed by atoms with E-state index in [-0.39, 0.29) is 0 Å². The van der Waals surface area contributed by atoms with Crippen molar-refractivity contribution in [2.75, 3.05) is 4.90 Å². The van der Waals surface area contributed by atoms with Gasteiger partial charge in [-0.05, 0) is 32.1 Å². The molecule has 0 N–H and O–H groups in total. The highest BCUT2D eigenvalue weighted by Gasteiger charge is 2.37. The molecular formula is C11H15ClN2S. The van der Waals surface area contributed by atoms with E-state index < -0.39 is 0 Å². The van der Waals surface area contributed by atoms with Crippen molar-refractivity contribution in [1.82, 2.24) is 4.98 Å². The molecule has 2 saturated heterocycles. The molecule has 0 aromatic carbocycles. The van der Waals surface area contributed by atoms with Gasteiger partial charge < -0.3 is 4.90 Å². The lowest BCUT2D eigenvalue weighted by molar-refractivity contribution is 0.467. The minimum absolute atomic E-state index is 0.541. The van der Waals surface area contributed by atoms with Gasteiger partial charge in [0.15, 0.2) is 5.13 Å². The average Bonchev–Trinajstić information content (AvgIpc) is 2.81. The van der Waals surface area contributed by atoms with Crippen molar-refractivity contribution in [3.8, 4) is 0 Å². The van der Waals surface area contributed by atoms with Crippen LogP contribution in [-0.4, -0.2) is 17.1 Å². The molecule has 82 valence electrons. The van der Waals surface area contributed by atoms with Gasteiger partial charge in [0, 0.05) is 17.5 Å². The van der Waals surface area contributed by atoms with E-state index in [9.17, 15) is 0 Å². The summed E-state index contributed by atoms with van der Waals surface area (Å²) in [4.78, 5) is 7.17. The maximum Gasteiger partial charge on any atom is 0.186 e. The summed E-state index contributed by atoms with van der Waals surface area (Å²) in [6.07, 6.45) is 6.83. The quantitative estimate of drug-likeness (QED) is 0.739. The van der Waals surface area contributed by atoms with Crippen LogP contribution in [0.3, 0.4) is 0 Å². The van der Waals surface area contributed by atoms with Crippen molar-refractivity contribution >= 4 is 28.1 Å². The number of aromatic nitrogens is 1. The number of anilines is 1. The molecule has 0 amide bonds. The van der Waals surface area contributed by atoms with Crippen molar-refractivity contribution in [2.45, 2.75) is 50.1 Å². The van der Waals surface area contributed by atoms with Crippen LogP contribution in [0.4, 0.5) is 5.13 Å². The van der Waals surface area contributed by atoms with Gasteiger partial charge in [0.1, 0.15) is 0 Å². The lowest BCUT2D eigenvalue weighted by atomic mass is 10.0. The third-order valence-electron chi connectivity index (χ3n) is 3.59. The van der Waals surface area contributed by atoms with E-state index in [1.807, 2.05) is 0 Å². The van der Waals surface area contributed by atoms with E-state index >= 15 is 0 Å². The number of piperidine rings is 1. The summed E-state index contributed by atoms with van der Waals surface area (Å²) >= 11 is 7.55. The van der Waals surface area contributed by atoms with Crippen molar-refractivity contribution in [2.24, 2.45) is 0 Å². The summed E-state index contributed by atoms with van der Waals surface area (Å²) in [5, 5.41) is 3.30. The molecule has 3 rings (SSSR count). The van der Waals surface area contributed by atoms with Gasteiger partial charge in [0.25, 0.3) is 0 Å². The minimum atomic E-state index is 0.541. The Kier molecular flexibility index (Phi) is 2.61. The smallest absolute Gasteiger partial charge is 0.186 e. The summed E-state index contributed by atoms with van der Waals surface area (Å²) in [7, 11) is 0. The number of hydrogen-bond donors (Lipinski definition) is 0. The number of fused-ring (bicyclic) bond motifs is 2. The molecule has 2 nitrogen and oxygen atoms in total. The summed E-state index contributed by atoms with van der Waals surface area (Å²) in [6.45, 7) is 0. The molecule has 2 aliphatic heterocycles. The molecule has 1 aromatic heterocycles. The summed E-state index contributed by atoms with van der Waals surface area (Å²) in [6, 6.07) is 1.52. The molecular weight excluding hydrogens is 228 g/mol. The first kappa shape index (κ1) is 9.91. The van der Waals surface area contributed by atoms with Gasteiger partial charge in [-0.15, -0.1) is 22.9 Å². The highest BCUT2D eigenvalue weighted by molar-refractivity contribution is 7.13. The predicted octanol–water partition coefficient (Wildman–Crippen LogP) is 3.40. The predicted molar refractivity (Wildman–Crippen MR) is 64.8 cm³/mol. The van der Waals surface area contributed by atoms with E-state index in [0.29, 0.717) is 5.88 Å². The number of hydrogen-bond acceptors (Lipinski definition) is 3. The zero-order valence-corrected chi connectivity index (χ0v) is 10.2.